The third-order valence-electron chi connectivity index (χ3n) is 5.22. The van der Waals surface area contributed by atoms with Gasteiger partial charge in [-0.25, -0.2) is 8.42 Å². The third-order valence-corrected chi connectivity index (χ3v) is 7.23. The van der Waals surface area contributed by atoms with Crippen molar-refractivity contribution >= 4 is 34.1 Å². The molecule has 0 unspecified atom stereocenters. The first-order valence-corrected chi connectivity index (χ1v) is 10.7. The Morgan fingerprint density at radius 2 is 1.64 bits per heavy atom. The number of hydrogen-bond acceptors (Lipinski definition) is 5. The molecule has 1 aliphatic heterocycles. The maximum Gasteiger partial charge on any atom is 0.241 e. The van der Waals surface area contributed by atoms with Crippen LogP contribution in [-0.4, -0.2) is 57.4 Å². The molecule has 1 heterocycles. The first-order chi connectivity index (χ1) is 11.3. The van der Waals surface area contributed by atoms with Crippen LogP contribution in [-0.2, 0) is 19.4 Å². The quantitative estimate of drug-likeness (QED) is 0.541. The van der Waals surface area contributed by atoms with Crippen molar-refractivity contribution in [1.82, 2.24) is 16.0 Å². The molecule has 0 aromatic carbocycles. The van der Waals surface area contributed by atoms with E-state index in [1.807, 2.05) is 0 Å². The maximum atomic E-state index is 12.5. The molecule has 146 valence electrons. The van der Waals surface area contributed by atoms with Crippen LogP contribution in [0, 0.1) is 5.92 Å². The predicted molar refractivity (Wildman–Crippen MR) is 99.5 cm³/mol. The number of halogens is 1. The minimum Gasteiger partial charge on any atom is -0.354 e. The Balaban J connectivity index is 0.00000312. The van der Waals surface area contributed by atoms with E-state index in [2.05, 4.69) is 16.0 Å². The maximum absolute atomic E-state index is 12.5. The predicted octanol–water partition coefficient (Wildman–Crippen LogP) is 0.388. The van der Waals surface area contributed by atoms with Gasteiger partial charge in [-0.1, -0.05) is 12.8 Å². The van der Waals surface area contributed by atoms with E-state index in [1.165, 1.54) is 12.8 Å². The molecule has 0 radical (unpaired) electrons. The Kier molecular flexibility index (Phi) is 8.63. The fraction of sp³-hybridized carbons (Fsp3) is 0.875. The molecule has 25 heavy (non-hydrogen) atoms. The van der Waals surface area contributed by atoms with Crippen LogP contribution in [0.5, 0.6) is 0 Å². The van der Waals surface area contributed by atoms with E-state index in [0.29, 0.717) is 32.0 Å². The molecule has 7 nitrogen and oxygen atoms in total. The van der Waals surface area contributed by atoms with Gasteiger partial charge in [0.25, 0.3) is 0 Å². The van der Waals surface area contributed by atoms with Crippen molar-refractivity contribution in [2.75, 3.05) is 32.4 Å². The highest BCUT2D eigenvalue weighted by molar-refractivity contribution is 7.92. The molecule has 1 saturated heterocycles. The minimum atomic E-state index is -3.50. The van der Waals surface area contributed by atoms with Crippen molar-refractivity contribution < 1.29 is 18.0 Å². The standard InChI is InChI=1S/C16H29N3O4S.ClH/c1-24(22,23)16(6-8-17-9-7-16)15(21)19-11-10-18-14(20)12-13-4-2-3-5-13;/h13,17H,2-12H2,1H3,(H,18,20)(H,19,21);1H. The van der Waals surface area contributed by atoms with Crippen molar-refractivity contribution in [2.45, 2.75) is 49.7 Å². The highest BCUT2D eigenvalue weighted by Gasteiger charge is 2.48. The molecule has 2 fully saturated rings. The summed E-state index contributed by atoms with van der Waals surface area (Å²) in [6, 6.07) is 0. The Hall–Kier alpha value is -0.860. The lowest BCUT2D eigenvalue weighted by Gasteiger charge is -2.34. The molecule has 0 spiro atoms. The van der Waals surface area contributed by atoms with Gasteiger partial charge < -0.3 is 16.0 Å². The van der Waals surface area contributed by atoms with E-state index in [0.717, 1.165) is 19.1 Å². The lowest BCUT2D eigenvalue weighted by Crippen LogP contribution is -2.57. The second kappa shape index (κ2) is 9.73. The number of piperidine rings is 1. The number of carbonyl (C=O) groups excluding carboxylic acids is 2. The van der Waals surface area contributed by atoms with Crippen LogP contribution in [0.15, 0.2) is 0 Å². The summed E-state index contributed by atoms with van der Waals surface area (Å²) < 4.78 is 22.9. The van der Waals surface area contributed by atoms with Gasteiger partial charge in [0, 0.05) is 25.8 Å². The van der Waals surface area contributed by atoms with E-state index in [-0.39, 0.29) is 37.7 Å². The normalized spacial score (nSPS) is 20.5. The molecule has 9 heteroatoms. The second-order valence-corrected chi connectivity index (χ2v) is 9.30. The zero-order valence-corrected chi connectivity index (χ0v) is 16.4. The van der Waals surface area contributed by atoms with Crippen LogP contribution in [0.25, 0.3) is 0 Å². The number of carbonyl (C=O) groups is 2. The van der Waals surface area contributed by atoms with Gasteiger partial charge in [-0.2, -0.15) is 0 Å². The summed E-state index contributed by atoms with van der Waals surface area (Å²) in [6.07, 6.45) is 6.89. The topological polar surface area (TPSA) is 104 Å². The Labute approximate surface area is 156 Å². The fourth-order valence-electron chi connectivity index (χ4n) is 3.68. The molecule has 1 saturated carbocycles. The van der Waals surface area contributed by atoms with Gasteiger partial charge in [-0.15, -0.1) is 12.4 Å². The van der Waals surface area contributed by atoms with Crippen molar-refractivity contribution in [1.29, 1.82) is 0 Å². The lowest BCUT2D eigenvalue weighted by molar-refractivity contribution is -0.125. The summed E-state index contributed by atoms with van der Waals surface area (Å²) in [5, 5.41) is 8.57. The Morgan fingerprint density at radius 1 is 1.08 bits per heavy atom. The molecule has 0 aromatic rings. The van der Waals surface area contributed by atoms with Gasteiger partial charge in [0.2, 0.25) is 11.8 Å². The summed E-state index contributed by atoms with van der Waals surface area (Å²) in [7, 11) is -3.50. The average Bonchev–Trinajstić information content (AvgIpc) is 3.04. The monoisotopic (exact) mass is 395 g/mol. The SMILES string of the molecule is CS(=O)(=O)C1(C(=O)NCCNC(=O)CC2CCCC2)CCNCC1.Cl. The van der Waals surface area contributed by atoms with Gasteiger partial charge in [-0.05, 0) is 44.7 Å². The number of nitrogens with one attached hydrogen (secondary N) is 3. The molecule has 2 rings (SSSR count). The first-order valence-electron chi connectivity index (χ1n) is 8.80. The van der Waals surface area contributed by atoms with Crippen molar-refractivity contribution in [3.05, 3.63) is 0 Å². The number of rotatable bonds is 7. The molecular weight excluding hydrogens is 366 g/mol. The number of sulfone groups is 1. The van der Waals surface area contributed by atoms with Crippen LogP contribution < -0.4 is 16.0 Å². The summed E-state index contributed by atoms with van der Waals surface area (Å²) in [6.45, 7) is 1.60. The van der Waals surface area contributed by atoms with Gasteiger partial charge in [0.05, 0.1) is 0 Å². The van der Waals surface area contributed by atoms with Crippen molar-refractivity contribution in [3.63, 3.8) is 0 Å². The van der Waals surface area contributed by atoms with E-state index in [1.54, 1.807) is 0 Å². The molecule has 1 aliphatic carbocycles. The van der Waals surface area contributed by atoms with E-state index < -0.39 is 20.5 Å². The summed E-state index contributed by atoms with van der Waals surface area (Å²) in [5.41, 5.74) is 0. The van der Waals surface area contributed by atoms with E-state index in [4.69, 9.17) is 0 Å². The summed E-state index contributed by atoms with van der Waals surface area (Å²) >= 11 is 0. The van der Waals surface area contributed by atoms with Crippen LogP contribution in [0.1, 0.15) is 44.9 Å². The fourth-order valence-corrected chi connectivity index (χ4v) is 5.04. The van der Waals surface area contributed by atoms with Gasteiger partial charge in [-0.3, -0.25) is 9.59 Å². The first kappa shape index (κ1) is 22.2. The third kappa shape index (κ3) is 5.82. The second-order valence-electron chi connectivity index (χ2n) is 6.98. The molecule has 0 atom stereocenters. The minimum absolute atomic E-state index is 0. The van der Waals surface area contributed by atoms with Gasteiger partial charge >= 0.3 is 0 Å². The van der Waals surface area contributed by atoms with Crippen LogP contribution in [0.3, 0.4) is 0 Å². The van der Waals surface area contributed by atoms with E-state index >= 15 is 0 Å². The molecule has 2 amide bonds. The number of hydrogen-bond donors (Lipinski definition) is 3. The summed E-state index contributed by atoms with van der Waals surface area (Å²) in [5.74, 6) is 0.0511. The average molecular weight is 396 g/mol. The smallest absolute Gasteiger partial charge is 0.241 e. The Bertz CT molecular complexity index is 556. The Morgan fingerprint density at radius 3 is 2.20 bits per heavy atom. The van der Waals surface area contributed by atoms with Crippen LogP contribution in [0.4, 0.5) is 0 Å². The van der Waals surface area contributed by atoms with Crippen molar-refractivity contribution in [2.24, 2.45) is 5.92 Å². The molecule has 3 N–H and O–H groups in total. The van der Waals surface area contributed by atoms with Crippen molar-refractivity contribution in [3.8, 4) is 0 Å². The number of amides is 2. The highest BCUT2D eigenvalue weighted by Crippen LogP contribution is 2.28. The largest absolute Gasteiger partial charge is 0.354 e. The molecule has 0 aromatic heterocycles. The van der Waals surface area contributed by atoms with Crippen LogP contribution >= 0.6 is 12.4 Å². The van der Waals surface area contributed by atoms with E-state index in [9.17, 15) is 18.0 Å². The van der Waals surface area contributed by atoms with Gasteiger partial charge in [0.1, 0.15) is 0 Å². The van der Waals surface area contributed by atoms with Crippen LogP contribution in [0.2, 0.25) is 0 Å². The van der Waals surface area contributed by atoms with Gasteiger partial charge in [0.15, 0.2) is 14.6 Å². The summed E-state index contributed by atoms with van der Waals surface area (Å²) in [4.78, 5) is 24.3. The molecule has 0 bridgehead atoms. The zero-order valence-electron chi connectivity index (χ0n) is 14.8. The molecule has 2 aliphatic rings. The lowest BCUT2D eigenvalue weighted by atomic mass is 9.96. The highest BCUT2D eigenvalue weighted by atomic mass is 35.5. The zero-order chi connectivity index (χ0) is 17.6. The molecular formula is C16H30ClN3O4S.